The molecular weight excluding hydrogens is 406 g/mol. The summed E-state index contributed by atoms with van der Waals surface area (Å²) in [6, 6.07) is 0. The first-order valence-corrected chi connectivity index (χ1v) is 8.94. The van der Waals surface area contributed by atoms with Crippen molar-refractivity contribution in [2.24, 2.45) is 0 Å². The van der Waals surface area contributed by atoms with Crippen LogP contribution in [0.15, 0.2) is 6.20 Å². The van der Waals surface area contributed by atoms with E-state index in [0.717, 1.165) is 32.6 Å². The third kappa shape index (κ3) is 5.51. The number of hydrogen-bond acceptors (Lipinski definition) is 12. The van der Waals surface area contributed by atoms with Gasteiger partial charge in [-0.2, -0.15) is 0 Å². The lowest BCUT2D eigenvalue weighted by molar-refractivity contribution is -0.265. The third-order valence-electron chi connectivity index (χ3n) is 4.04. The number of carbonyl (C=O) groups is 4. The number of carbonyl (C=O) groups excluding carboxylic acids is 4. The SMILES string of the molecule is COC(=O)C1O[C@H](n2cc(CCO)nn2)C(OC(C)=O)C(OC(C)=O)C1OC(C)=O. The van der Waals surface area contributed by atoms with E-state index in [9.17, 15) is 19.2 Å². The number of esters is 4. The molecule has 0 spiro atoms. The van der Waals surface area contributed by atoms with Crippen molar-refractivity contribution in [3.05, 3.63) is 11.9 Å². The van der Waals surface area contributed by atoms with Gasteiger partial charge in [0.05, 0.1) is 19.0 Å². The molecule has 2 heterocycles. The van der Waals surface area contributed by atoms with Crippen molar-refractivity contribution in [2.45, 2.75) is 57.8 Å². The summed E-state index contributed by atoms with van der Waals surface area (Å²) in [5.74, 6) is -3.24. The molecule has 1 aliphatic rings. The number of aliphatic hydroxyl groups is 1. The Bertz CT molecular complexity index is 795. The fraction of sp³-hybridized carbons (Fsp3) is 0.647. The van der Waals surface area contributed by atoms with Gasteiger partial charge in [-0.1, -0.05) is 5.21 Å². The zero-order chi connectivity index (χ0) is 22.4. The van der Waals surface area contributed by atoms with Crippen molar-refractivity contribution in [3.8, 4) is 0 Å². The molecule has 2 rings (SSSR count). The number of methoxy groups -OCH3 is 1. The van der Waals surface area contributed by atoms with E-state index in [1.807, 2.05) is 0 Å². The average molecular weight is 429 g/mol. The average Bonchev–Trinajstić information content (AvgIpc) is 3.11. The molecule has 1 saturated heterocycles. The number of rotatable bonds is 7. The predicted octanol–water partition coefficient (Wildman–Crippen LogP) is -1.32. The summed E-state index contributed by atoms with van der Waals surface area (Å²) >= 11 is 0. The Labute approximate surface area is 171 Å². The zero-order valence-electron chi connectivity index (χ0n) is 16.8. The van der Waals surface area contributed by atoms with Crippen molar-refractivity contribution in [1.82, 2.24) is 15.0 Å². The second-order valence-electron chi connectivity index (χ2n) is 6.36. The molecule has 5 atom stereocenters. The summed E-state index contributed by atoms with van der Waals surface area (Å²) in [7, 11) is 1.10. The summed E-state index contributed by atoms with van der Waals surface area (Å²) in [4.78, 5) is 47.4. The van der Waals surface area contributed by atoms with E-state index in [0.29, 0.717) is 5.69 Å². The second-order valence-corrected chi connectivity index (χ2v) is 6.36. The van der Waals surface area contributed by atoms with Crippen LogP contribution in [0.4, 0.5) is 0 Å². The van der Waals surface area contributed by atoms with E-state index >= 15 is 0 Å². The lowest BCUT2D eigenvalue weighted by Crippen LogP contribution is -2.61. The lowest BCUT2D eigenvalue weighted by atomic mass is 9.97. The normalized spacial score (nSPS) is 25.8. The van der Waals surface area contributed by atoms with Gasteiger partial charge in [-0.05, 0) is 0 Å². The van der Waals surface area contributed by atoms with Crippen LogP contribution in [0, 0.1) is 0 Å². The number of ether oxygens (including phenoxy) is 5. The molecule has 0 aliphatic carbocycles. The smallest absolute Gasteiger partial charge is 0.339 e. The van der Waals surface area contributed by atoms with E-state index in [1.165, 1.54) is 6.20 Å². The third-order valence-corrected chi connectivity index (χ3v) is 4.04. The molecule has 13 nitrogen and oxygen atoms in total. The van der Waals surface area contributed by atoms with Crippen molar-refractivity contribution in [1.29, 1.82) is 0 Å². The molecule has 1 aromatic rings. The quantitative estimate of drug-likeness (QED) is 0.402. The van der Waals surface area contributed by atoms with Crippen LogP contribution in [0.1, 0.15) is 32.7 Å². The molecule has 4 unspecified atom stereocenters. The molecule has 30 heavy (non-hydrogen) atoms. The minimum atomic E-state index is -1.52. The summed E-state index contributed by atoms with van der Waals surface area (Å²) in [6.07, 6.45) is -5.43. The summed E-state index contributed by atoms with van der Waals surface area (Å²) in [6.45, 7) is 3.12. The molecule has 0 amide bonds. The molecule has 1 fully saturated rings. The maximum Gasteiger partial charge on any atom is 0.339 e. The zero-order valence-corrected chi connectivity index (χ0v) is 16.8. The minimum absolute atomic E-state index is 0.188. The first-order chi connectivity index (χ1) is 14.2. The Hall–Kier alpha value is -3.06. The van der Waals surface area contributed by atoms with Crippen LogP contribution in [0.2, 0.25) is 0 Å². The molecule has 13 heteroatoms. The van der Waals surface area contributed by atoms with Gasteiger partial charge in [-0.15, -0.1) is 5.10 Å². The summed E-state index contributed by atoms with van der Waals surface area (Å²) in [5.41, 5.74) is 0.392. The minimum Gasteiger partial charge on any atom is -0.467 e. The first-order valence-electron chi connectivity index (χ1n) is 8.94. The van der Waals surface area contributed by atoms with E-state index < -0.39 is 54.5 Å². The van der Waals surface area contributed by atoms with Crippen molar-refractivity contribution >= 4 is 23.9 Å². The number of hydrogen-bond donors (Lipinski definition) is 1. The summed E-state index contributed by atoms with van der Waals surface area (Å²) < 4.78 is 27.3. The highest BCUT2D eigenvalue weighted by Crippen LogP contribution is 2.34. The van der Waals surface area contributed by atoms with Gasteiger partial charge in [0.2, 0.25) is 0 Å². The topological polar surface area (TPSA) is 165 Å². The largest absolute Gasteiger partial charge is 0.467 e. The highest BCUT2D eigenvalue weighted by molar-refractivity contribution is 5.77. The Morgan fingerprint density at radius 3 is 2.13 bits per heavy atom. The molecule has 0 bridgehead atoms. The van der Waals surface area contributed by atoms with Gasteiger partial charge in [-0.3, -0.25) is 14.4 Å². The standard InChI is InChI=1S/C17H23N3O10/c1-8(22)27-12-13(28-9(2)23)15(17(25)26-4)30-16(14(12)29-10(3)24)20-7-11(5-6-21)18-19-20/h7,12-16,21H,5-6H2,1-4H3/t12?,13?,14?,15?,16-/m0/s1. The van der Waals surface area contributed by atoms with Gasteiger partial charge in [-0.25, -0.2) is 9.48 Å². The Balaban J connectivity index is 2.54. The monoisotopic (exact) mass is 429 g/mol. The van der Waals surface area contributed by atoms with Crippen molar-refractivity contribution in [3.63, 3.8) is 0 Å². The van der Waals surface area contributed by atoms with Crippen molar-refractivity contribution in [2.75, 3.05) is 13.7 Å². The molecule has 1 aliphatic heterocycles. The molecule has 166 valence electrons. The van der Waals surface area contributed by atoms with Gasteiger partial charge in [0.25, 0.3) is 0 Å². The van der Waals surface area contributed by atoms with E-state index in [4.69, 9.17) is 28.8 Å². The fourth-order valence-electron chi connectivity index (χ4n) is 2.98. The van der Waals surface area contributed by atoms with Crippen LogP contribution in [-0.2, 0) is 49.3 Å². The molecule has 1 N–H and O–H groups in total. The molecule has 0 aromatic carbocycles. The lowest BCUT2D eigenvalue weighted by Gasteiger charge is -2.43. The predicted molar refractivity (Wildman–Crippen MR) is 93.4 cm³/mol. The van der Waals surface area contributed by atoms with Crippen LogP contribution >= 0.6 is 0 Å². The Morgan fingerprint density at radius 1 is 1.03 bits per heavy atom. The Morgan fingerprint density at radius 2 is 1.60 bits per heavy atom. The van der Waals surface area contributed by atoms with Gasteiger partial charge < -0.3 is 28.8 Å². The molecule has 0 saturated carbocycles. The number of aliphatic hydroxyl groups excluding tert-OH is 1. The van der Waals surface area contributed by atoms with Gasteiger partial charge in [0.1, 0.15) is 0 Å². The van der Waals surface area contributed by atoms with Crippen LogP contribution < -0.4 is 0 Å². The highest BCUT2D eigenvalue weighted by Gasteiger charge is 2.55. The van der Waals surface area contributed by atoms with Crippen LogP contribution in [0.25, 0.3) is 0 Å². The number of aromatic nitrogens is 3. The molecule has 1 aromatic heterocycles. The maximum absolute atomic E-state index is 12.3. The first kappa shape index (κ1) is 23.2. The van der Waals surface area contributed by atoms with E-state index in [2.05, 4.69) is 10.3 Å². The van der Waals surface area contributed by atoms with Gasteiger partial charge >= 0.3 is 23.9 Å². The van der Waals surface area contributed by atoms with Crippen molar-refractivity contribution < 1.29 is 48.0 Å². The van der Waals surface area contributed by atoms with E-state index in [-0.39, 0.29) is 13.0 Å². The van der Waals surface area contributed by atoms with Crippen LogP contribution in [-0.4, -0.2) is 82.1 Å². The molecular formula is C17H23N3O10. The number of nitrogens with zero attached hydrogens (tertiary/aromatic N) is 3. The maximum atomic E-state index is 12.3. The van der Waals surface area contributed by atoms with Gasteiger partial charge in [0.15, 0.2) is 30.6 Å². The van der Waals surface area contributed by atoms with Crippen LogP contribution in [0.5, 0.6) is 0 Å². The fourth-order valence-corrected chi connectivity index (χ4v) is 2.98. The van der Waals surface area contributed by atoms with Gasteiger partial charge in [0, 0.05) is 33.8 Å². The Kier molecular flexibility index (Phi) is 7.83. The van der Waals surface area contributed by atoms with Crippen LogP contribution in [0.3, 0.4) is 0 Å². The summed E-state index contributed by atoms with van der Waals surface area (Å²) in [5, 5.41) is 16.8. The van der Waals surface area contributed by atoms with E-state index in [1.54, 1.807) is 0 Å². The second kappa shape index (κ2) is 10.1. The molecule has 0 radical (unpaired) electrons. The highest BCUT2D eigenvalue weighted by atomic mass is 16.7.